The number of amides is 1. The lowest BCUT2D eigenvalue weighted by molar-refractivity contribution is -0.117. The minimum Gasteiger partial charge on any atom is -0.508 e. The molecule has 1 aliphatic heterocycles. The van der Waals surface area contributed by atoms with Crippen LogP contribution in [0, 0.1) is 19.8 Å². The Kier molecular flexibility index (Phi) is 6.51. The van der Waals surface area contributed by atoms with Crippen molar-refractivity contribution in [1.82, 2.24) is 4.90 Å². The number of hydrogen-bond donors (Lipinski definition) is 2. The summed E-state index contributed by atoms with van der Waals surface area (Å²) >= 11 is 0. The average molecular weight is 367 g/mol. The number of hydrogen-bond acceptors (Lipinski definition) is 3. The van der Waals surface area contributed by atoms with Crippen LogP contribution in [0.5, 0.6) is 5.75 Å². The molecule has 0 aromatic heterocycles. The number of nitrogens with one attached hydrogen (secondary N) is 1. The first kappa shape index (κ1) is 19.4. The third-order valence-corrected chi connectivity index (χ3v) is 5.60. The van der Waals surface area contributed by atoms with Gasteiger partial charge in [0.05, 0.1) is 6.54 Å². The molecule has 0 aliphatic carbocycles. The highest BCUT2D eigenvalue weighted by molar-refractivity contribution is 5.93. The Morgan fingerprint density at radius 1 is 1.07 bits per heavy atom. The summed E-state index contributed by atoms with van der Waals surface area (Å²) in [5.74, 6) is 1.12. The van der Waals surface area contributed by atoms with Crippen LogP contribution in [-0.4, -0.2) is 35.5 Å². The van der Waals surface area contributed by atoms with Crippen LogP contribution in [0.2, 0.25) is 0 Å². The smallest absolute Gasteiger partial charge is 0.238 e. The Balaban J connectivity index is 1.41. The number of piperidine rings is 1. The van der Waals surface area contributed by atoms with E-state index < -0.39 is 0 Å². The maximum atomic E-state index is 12.4. The monoisotopic (exact) mass is 366 g/mol. The molecule has 1 amide bonds. The van der Waals surface area contributed by atoms with Crippen molar-refractivity contribution >= 4 is 11.6 Å². The van der Waals surface area contributed by atoms with Crippen LogP contribution in [0.3, 0.4) is 0 Å². The summed E-state index contributed by atoms with van der Waals surface area (Å²) in [6.07, 6.45) is 4.52. The van der Waals surface area contributed by atoms with Crippen LogP contribution in [0.15, 0.2) is 42.5 Å². The molecular formula is C23H30N2O2. The molecule has 4 nitrogen and oxygen atoms in total. The number of aromatic hydroxyl groups is 1. The molecule has 0 radical (unpaired) electrons. The van der Waals surface area contributed by atoms with E-state index in [1.54, 1.807) is 12.1 Å². The lowest BCUT2D eigenvalue weighted by atomic mass is 9.90. The first-order valence-electron chi connectivity index (χ1n) is 9.87. The molecule has 2 aromatic carbocycles. The lowest BCUT2D eigenvalue weighted by Crippen LogP contribution is -2.39. The number of anilines is 1. The van der Waals surface area contributed by atoms with Gasteiger partial charge in [-0.3, -0.25) is 9.69 Å². The van der Waals surface area contributed by atoms with Gasteiger partial charge in [-0.25, -0.2) is 0 Å². The van der Waals surface area contributed by atoms with Crippen molar-refractivity contribution in [2.75, 3.05) is 25.0 Å². The van der Waals surface area contributed by atoms with Crippen LogP contribution >= 0.6 is 0 Å². The van der Waals surface area contributed by atoms with Crippen molar-refractivity contribution in [3.63, 3.8) is 0 Å². The van der Waals surface area contributed by atoms with E-state index in [0.29, 0.717) is 12.3 Å². The zero-order valence-electron chi connectivity index (χ0n) is 16.4. The van der Waals surface area contributed by atoms with Crippen molar-refractivity contribution in [3.05, 3.63) is 59.2 Å². The molecule has 0 bridgehead atoms. The first-order valence-corrected chi connectivity index (χ1v) is 9.87. The molecule has 1 heterocycles. The number of carbonyl (C=O) groups is 1. The maximum Gasteiger partial charge on any atom is 0.238 e. The number of aryl methyl sites for hydroxylation is 3. The second-order valence-electron chi connectivity index (χ2n) is 7.74. The minimum absolute atomic E-state index is 0.0787. The van der Waals surface area contributed by atoms with Crippen molar-refractivity contribution in [2.24, 2.45) is 5.92 Å². The summed E-state index contributed by atoms with van der Waals surface area (Å²) in [5.41, 5.74) is 4.45. The molecule has 1 fully saturated rings. The second kappa shape index (κ2) is 9.05. The third-order valence-electron chi connectivity index (χ3n) is 5.60. The Morgan fingerprint density at radius 3 is 2.33 bits per heavy atom. The molecular weight excluding hydrogens is 336 g/mol. The summed E-state index contributed by atoms with van der Waals surface area (Å²) in [7, 11) is 0. The Morgan fingerprint density at radius 2 is 1.70 bits per heavy atom. The van der Waals surface area contributed by atoms with Crippen LogP contribution in [0.25, 0.3) is 0 Å². The van der Waals surface area contributed by atoms with Crippen molar-refractivity contribution in [1.29, 1.82) is 0 Å². The van der Waals surface area contributed by atoms with Crippen LogP contribution in [-0.2, 0) is 11.2 Å². The zero-order valence-corrected chi connectivity index (χ0v) is 16.4. The average Bonchev–Trinajstić information content (AvgIpc) is 2.66. The minimum atomic E-state index is 0.0787. The van der Waals surface area contributed by atoms with E-state index in [1.807, 2.05) is 44.2 Å². The molecule has 0 saturated carbocycles. The van der Waals surface area contributed by atoms with Crippen LogP contribution in [0.4, 0.5) is 5.69 Å². The number of likely N-dealkylation sites (tertiary alicyclic amines) is 1. The zero-order chi connectivity index (χ0) is 19.2. The van der Waals surface area contributed by atoms with E-state index in [9.17, 15) is 9.90 Å². The molecule has 144 valence electrons. The SMILES string of the molecule is Cc1cccc(C)c1NC(=O)CN1CCC(CCc2ccc(O)cc2)CC1. The normalized spacial score (nSPS) is 15.6. The predicted molar refractivity (Wildman–Crippen MR) is 110 cm³/mol. The summed E-state index contributed by atoms with van der Waals surface area (Å²) in [6.45, 7) is 6.50. The Hall–Kier alpha value is -2.33. The van der Waals surface area contributed by atoms with Gasteiger partial charge in [0, 0.05) is 5.69 Å². The molecule has 3 rings (SSSR count). The summed E-state index contributed by atoms with van der Waals surface area (Å²) in [5, 5.41) is 12.4. The number of nitrogens with zero attached hydrogens (tertiary/aromatic N) is 1. The standard InChI is InChI=1S/C23H30N2O2/c1-17-4-3-5-18(2)23(17)24-22(27)16-25-14-12-20(13-15-25)7-6-19-8-10-21(26)11-9-19/h3-5,8-11,20,26H,6-7,12-16H2,1-2H3,(H,24,27). The highest BCUT2D eigenvalue weighted by Gasteiger charge is 2.21. The Bertz CT molecular complexity index is 742. The Labute approximate surface area is 162 Å². The lowest BCUT2D eigenvalue weighted by Gasteiger charge is -2.31. The van der Waals surface area contributed by atoms with Gasteiger partial charge in [0.25, 0.3) is 0 Å². The van der Waals surface area contributed by atoms with Gasteiger partial charge >= 0.3 is 0 Å². The van der Waals surface area contributed by atoms with E-state index in [4.69, 9.17) is 0 Å². The van der Waals surface area contributed by atoms with Crippen molar-refractivity contribution in [3.8, 4) is 5.75 Å². The first-order chi connectivity index (χ1) is 13.0. The molecule has 2 aromatic rings. The maximum absolute atomic E-state index is 12.4. The molecule has 4 heteroatoms. The van der Waals surface area contributed by atoms with Gasteiger partial charge in [-0.1, -0.05) is 30.3 Å². The number of carbonyl (C=O) groups excluding carboxylic acids is 1. The van der Waals surface area contributed by atoms with Gasteiger partial charge in [0.1, 0.15) is 5.75 Å². The van der Waals surface area contributed by atoms with E-state index in [1.165, 1.54) is 12.0 Å². The number of para-hydroxylation sites is 1. The summed E-state index contributed by atoms with van der Waals surface area (Å²) < 4.78 is 0. The molecule has 1 aliphatic rings. The molecule has 1 saturated heterocycles. The summed E-state index contributed by atoms with van der Waals surface area (Å²) in [4.78, 5) is 14.7. The highest BCUT2D eigenvalue weighted by atomic mass is 16.3. The fourth-order valence-corrected chi connectivity index (χ4v) is 3.86. The topological polar surface area (TPSA) is 52.6 Å². The van der Waals surface area contributed by atoms with E-state index in [0.717, 1.165) is 55.1 Å². The molecule has 0 atom stereocenters. The summed E-state index contributed by atoms with van der Waals surface area (Å²) in [6, 6.07) is 13.6. The van der Waals surface area contributed by atoms with Gasteiger partial charge in [-0.15, -0.1) is 0 Å². The number of phenolic OH excluding ortho intramolecular Hbond substituents is 1. The van der Waals surface area contributed by atoms with E-state index >= 15 is 0 Å². The quantitative estimate of drug-likeness (QED) is 0.802. The van der Waals surface area contributed by atoms with Gasteiger partial charge < -0.3 is 10.4 Å². The number of benzene rings is 2. The van der Waals surface area contributed by atoms with Crippen molar-refractivity contribution in [2.45, 2.75) is 39.5 Å². The molecule has 0 unspecified atom stereocenters. The third kappa shape index (κ3) is 5.57. The van der Waals surface area contributed by atoms with Gasteiger partial charge in [0.15, 0.2) is 0 Å². The number of phenols is 1. The van der Waals surface area contributed by atoms with Crippen molar-refractivity contribution < 1.29 is 9.90 Å². The van der Waals surface area contributed by atoms with Gasteiger partial charge in [-0.2, -0.15) is 0 Å². The number of rotatable bonds is 6. The van der Waals surface area contributed by atoms with Crippen LogP contribution < -0.4 is 5.32 Å². The molecule has 27 heavy (non-hydrogen) atoms. The van der Waals surface area contributed by atoms with Crippen LogP contribution in [0.1, 0.15) is 36.0 Å². The van der Waals surface area contributed by atoms with E-state index in [-0.39, 0.29) is 5.91 Å². The van der Waals surface area contributed by atoms with E-state index in [2.05, 4.69) is 10.2 Å². The highest BCUT2D eigenvalue weighted by Crippen LogP contribution is 2.23. The predicted octanol–water partition coefficient (Wildman–Crippen LogP) is 4.29. The fourth-order valence-electron chi connectivity index (χ4n) is 3.86. The molecule has 0 spiro atoms. The fraction of sp³-hybridized carbons (Fsp3) is 0.435. The van der Waals surface area contributed by atoms with Gasteiger partial charge in [0.2, 0.25) is 5.91 Å². The largest absolute Gasteiger partial charge is 0.508 e. The second-order valence-corrected chi connectivity index (χ2v) is 7.74. The molecule has 2 N–H and O–H groups in total. The van der Waals surface area contributed by atoms with Gasteiger partial charge in [-0.05, 0) is 87.4 Å².